The van der Waals surface area contributed by atoms with Gasteiger partial charge < -0.3 is 19.8 Å². The average Bonchev–Trinajstić information content (AvgIpc) is 2.65. The van der Waals surface area contributed by atoms with Gasteiger partial charge in [-0.15, -0.1) is 13.2 Å². The first kappa shape index (κ1) is 21.9. The average molecular weight is 488 g/mol. The first-order chi connectivity index (χ1) is 14.1. The topological polar surface area (TPSA) is 81.8 Å². The predicted octanol–water partition coefficient (Wildman–Crippen LogP) is 5.04. The maximum absolute atomic E-state index is 12.3. The van der Waals surface area contributed by atoms with Crippen LogP contribution in [0.15, 0.2) is 58.4 Å². The third-order valence-electron chi connectivity index (χ3n) is 4.61. The van der Waals surface area contributed by atoms with E-state index in [1.54, 1.807) is 18.2 Å². The molecule has 0 unspecified atom stereocenters. The summed E-state index contributed by atoms with van der Waals surface area (Å²) >= 11 is 3.05. The molecular weight excluding hydrogens is 471 g/mol. The van der Waals surface area contributed by atoms with Gasteiger partial charge in [0.15, 0.2) is 6.20 Å². The molecule has 160 valence electrons. The molecule has 1 N–H and O–H groups in total. The van der Waals surface area contributed by atoms with Gasteiger partial charge in [0.25, 0.3) is 0 Å². The van der Waals surface area contributed by atoms with E-state index in [0.717, 1.165) is 5.57 Å². The van der Waals surface area contributed by atoms with Crippen LogP contribution in [0.4, 0.5) is 13.2 Å². The highest BCUT2D eigenvalue weighted by Crippen LogP contribution is 2.33. The van der Waals surface area contributed by atoms with Crippen molar-refractivity contribution in [3.05, 3.63) is 69.2 Å². The fourth-order valence-electron chi connectivity index (χ4n) is 3.15. The van der Waals surface area contributed by atoms with Crippen LogP contribution in [-0.2, 0) is 16.1 Å². The van der Waals surface area contributed by atoms with Crippen molar-refractivity contribution in [1.82, 2.24) is 0 Å². The molecule has 0 aromatic heterocycles. The monoisotopic (exact) mass is 487 g/mol. The normalized spacial score (nSPS) is 17.1. The van der Waals surface area contributed by atoms with Gasteiger partial charge in [-0.05, 0) is 46.1 Å². The van der Waals surface area contributed by atoms with Gasteiger partial charge in [0.1, 0.15) is 12.4 Å². The highest BCUT2D eigenvalue weighted by molar-refractivity contribution is 9.10. The molecule has 0 radical (unpaired) electrons. The SMILES string of the molecule is O=C(O)C[C@@H](C1=CC=C(OCc2ccc(OC(F)(F)F)c(Br)c2)CC1)C1=[N+]([O-])C=C1. The highest BCUT2D eigenvalue weighted by atomic mass is 79.9. The maximum atomic E-state index is 12.3. The minimum Gasteiger partial charge on any atom is -0.618 e. The van der Waals surface area contributed by atoms with E-state index in [2.05, 4.69) is 20.7 Å². The fraction of sp³-hybridized carbons (Fsp3) is 0.300. The van der Waals surface area contributed by atoms with Crippen molar-refractivity contribution in [3.8, 4) is 5.75 Å². The third-order valence-corrected chi connectivity index (χ3v) is 5.23. The first-order valence-corrected chi connectivity index (χ1v) is 9.71. The maximum Gasteiger partial charge on any atom is 0.573 e. The van der Waals surface area contributed by atoms with E-state index in [1.807, 2.05) is 0 Å². The van der Waals surface area contributed by atoms with Crippen LogP contribution in [0.25, 0.3) is 0 Å². The van der Waals surface area contributed by atoms with Gasteiger partial charge in [-0.1, -0.05) is 17.7 Å². The lowest BCUT2D eigenvalue weighted by Crippen LogP contribution is -2.29. The Morgan fingerprint density at radius 3 is 2.57 bits per heavy atom. The number of alkyl halides is 3. The summed E-state index contributed by atoms with van der Waals surface area (Å²) in [6.45, 7) is 0.146. The molecule has 0 bridgehead atoms. The van der Waals surface area contributed by atoms with Gasteiger partial charge in [0, 0.05) is 6.42 Å². The number of carboxylic acids is 1. The zero-order chi connectivity index (χ0) is 21.9. The molecule has 1 aromatic rings. The molecule has 2 aliphatic rings. The van der Waals surface area contributed by atoms with Crippen molar-refractivity contribution in [2.45, 2.75) is 32.2 Å². The molecule has 1 aromatic carbocycles. The number of ether oxygens (including phenoxy) is 2. The van der Waals surface area contributed by atoms with Crippen LogP contribution in [0.3, 0.4) is 0 Å². The summed E-state index contributed by atoms with van der Waals surface area (Å²) in [7, 11) is 0. The van der Waals surface area contributed by atoms with Crippen LogP contribution in [0, 0.1) is 11.1 Å². The van der Waals surface area contributed by atoms with E-state index in [-0.39, 0.29) is 23.2 Å². The Morgan fingerprint density at radius 1 is 1.30 bits per heavy atom. The number of rotatable bonds is 8. The fourth-order valence-corrected chi connectivity index (χ4v) is 3.66. The number of aliphatic carboxylic acids is 1. The molecule has 0 saturated heterocycles. The number of hydrogen-bond acceptors (Lipinski definition) is 4. The summed E-state index contributed by atoms with van der Waals surface area (Å²) in [5.41, 5.74) is 1.90. The Kier molecular flexibility index (Phi) is 6.55. The molecule has 0 saturated carbocycles. The third kappa shape index (κ3) is 5.65. The summed E-state index contributed by atoms with van der Waals surface area (Å²) in [6.07, 6.45) is 2.55. The molecule has 1 aliphatic heterocycles. The van der Waals surface area contributed by atoms with E-state index >= 15 is 0 Å². The Bertz CT molecular complexity index is 966. The van der Waals surface area contributed by atoms with Gasteiger partial charge in [0.2, 0.25) is 5.71 Å². The lowest BCUT2D eigenvalue weighted by atomic mass is 9.84. The number of carboxylic acid groups (broad SMARTS) is 1. The molecule has 30 heavy (non-hydrogen) atoms. The summed E-state index contributed by atoms with van der Waals surface area (Å²) in [5.74, 6) is -1.15. The summed E-state index contributed by atoms with van der Waals surface area (Å²) in [4.78, 5) is 11.2. The number of carbonyl (C=O) groups is 1. The minimum atomic E-state index is -4.77. The van der Waals surface area contributed by atoms with Crippen LogP contribution in [0.1, 0.15) is 24.8 Å². The zero-order valence-electron chi connectivity index (χ0n) is 15.5. The highest BCUT2D eigenvalue weighted by Gasteiger charge is 2.33. The number of halogens is 4. The summed E-state index contributed by atoms with van der Waals surface area (Å²) in [5, 5.41) is 20.7. The number of hydrogen-bond donors (Lipinski definition) is 1. The second kappa shape index (κ2) is 8.95. The van der Waals surface area contributed by atoms with Crippen molar-refractivity contribution in [3.63, 3.8) is 0 Å². The minimum absolute atomic E-state index is 0.146. The molecule has 0 fully saturated rings. The quantitative estimate of drug-likeness (QED) is 0.410. The van der Waals surface area contributed by atoms with E-state index in [4.69, 9.17) is 9.84 Å². The van der Waals surface area contributed by atoms with Gasteiger partial charge in [-0.25, -0.2) is 0 Å². The van der Waals surface area contributed by atoms with Crippen molar-refractivity contribution >= 4 is 27.6 Å². The lowest BCUT2D eigenvalue weighted by Gasteiger charge is -2.23. The van der Waals surface area contributed by atoms with Crippen LogP contribution in [-0.4, -0.2) is 27.9 Å². The van der Waals surface area contributed by atoms with E-state index in [1.165, 1.54) is 24.4 Å². The Balaban J connectivity index is 1.63. The zero-order valence-corrected chi connectivity index (χ0v) is 17.1. The van der Waals surface area contributed by atoms with Crippen LogP contribution in [0.5, 0.6) is 5.75 Å². The second-order valence-electron chi connectivity index (χ2n) is 6.69. The molecule has 1 aliphatic carbocycles. The molecule has 6 nitrogen and oxygen atoms in total. The standard InChI is InChI=1S/C20H17BrF3NO5/c21-16-9-12(1-6-18(16)30-20(22,23)24)11-29-14-4-2-13(3-5-14)15(10-19(26)27)17-7-8-25(17)28/h1-2,4,6-9,15H,3,5,10-11H2,(H,26,27)/t15-/m0/s1. The predicted molar refractivity (Wildman–Crippen MR) is 105 cm³/mol. The van der Waals surface area contributed by atoms with Crippen molar-refractivity contribution in [1.29, 1.82) is 0 Å². The van der Waals surface area contributed by atoms with E-state index < -0.39 is 18.2 Å². The molecule has 1 atom stereocenters. The van der Waals surface area contributed by atoms with Gasteiger partial charge in [-0.2, -0.15) is 4.74 Å². The van der Waals surface area contributed by atoms with E-state index in [0.29, 0.717) is 34.6 Å². The van der Waals surface area contributed by atoms with Crippen LogP contribution in [0.2, 0.25) is 0 Å². The Hall–Kier alpha value is -2.75. The Morgan fingerprint density at radius 2 is 2.07 bits per heavy atom. The van der Waals surface area contributed by atoms with Crippen LogP contribution < -0.4 is 4.74 Å². The Labute approximate surface area is 178 Å². The number of nitrogens with zero attached hydrogens (tertiary/aromatic N) is 1. The number of benzene rings is 1. The molecule has 10 heteroatoms. The van der Waals surface area contributed by atoms with Crippen molar-refractivity contribution in [2.24, 2.45) is 5.92 Å². The van der Waals surface area contributed by atoms with Gasteiger partial charge in [0.05, 0.1) is 28.6 Å². The van der Waals surface area contributed by atoms with Gasteiger partial charge >= 0.3 is 12.3 Å². The van der Waals surface area contributed by atoms with E-state index in [9.17, 15) is 23.2 Å². The molecule has 0 spiro atoms. The molecule has 3 rings (SSSR count). The summed E-state index contributed by atoms with van der Waals surface area (Å²) < 4.78 is 47.4. The lowest BCUT2D eigenvalue weighted by molar-refractivity contribution is -0.392. The molecule has 1 heterocycles. The van der Waals surface area contributed by atoms with Crippen molar-refractivity contribution < 1.29 is 37.3 Å². The second-order valence-corrected chi connectivity index (χ2v) is 7.55. The molecule has 0 amide bonds. The first-order valence-electron chi connectivity index (χ1n) is 8.92. The number of hydroxylamine groups is 1. The smallest absolute Gasteiger partial charge is 0.573 e. The van der Waals surface area contributed by atoms with Gasteiger partial charge in [-0.3, -0.25) is 4.79 Å². The summed E-state index contributed by atoms with van der Waals surface area (Å²) in [6, 6.07) is 4.16. The van der Waals surface area contributed by atoms with Crippen LogP contribution >= 0.6 is 15.9 Å². The molecular formula is C20H17BrF3NO5. The van der Waals surface area contributed by atoms with Crippen molar-refractivity contribution in [2.75, 3.05) is 0 Å². The largest absolute Gasteiger partial charge is 0.618 e. The number of allylic oxidation sites excluding steroid dienone is 5.